The molecule has 1 N–H and O–H groups in total. The molecule has 2 nitrogen and oxygen atoms in total. The van der Waals surface area contributed by atoms with Gasteiger partial charge in [0, 0.05) is 4.90 Å². The van der Waals surface area contributed by atoms with E-state index in [0.717, 1.165) is 4.90 Å². The van der Waals surface area contributed by atoms with Crippen molar-refractivity contribution in [2.75, 3.05) is 11.1 Å². The highest BCUT2D eigenvalue weighted by Gasteiger charge is 2.09. The molecule has 0 aliphatic heterocycles. The number of anilines is 1. The number of rotatable bonds is 4. The second-order valence-electron chi connectivity index (χ2n) is 3.87. The van der Waals surface area contributed by atoms with E-state index in [-0.39, 0.29) is 11.7 Å². The van der Waals surface area contributed by atoms with Crippen molar-refractivity contribution >= 4 is 58.2 Å². The summed E-state index contributed by atoms with van der Waals surface area (Å²) in [6.45, 7) is 0. The summed E-state index contributed by atoms with van der Waals surface area (Å²) >= 11 is 19.3. The molecular weight excluding hydrogens is 337 g/mol. The number of hydrogen-bond donors (Lipinski definition) is 1. The molecule has 0 saturated carbocycles. The van der Waals surface area contributed by atoms with Crippen LogP contribution in [-0.4, -0.2) is 11.7 Å². The Kier molecular flexibility index (Phi) is 5.61. The predicted octanol–water partition coefficient (Wildman–Crippen LogP) is 5.38. The fraction of sp³-hybridized carbons (Fsp3) is 0.0714. The van der Waals surface area contributed by atoms with Crippen LogP contribution in [0.15, 0.2) is 47.4 Å². The van der Waals surface area contributed by atoms with Gasteiger partial charge in [0.05, 0.1) is 26.5 Å². The Morgan fingerprint density at radius 3 is 2.45 bits per heavy atom. The van der Waals surface area contributed by atoms with Crippen molar-refractivity contribution in [3.05, 3.63) is 57.5 Å². The molecule has 0 saturated heterocycles. The smallest absolute Gasteiger partial charge is 0.234 e. The summed E-state index contributed by atoms with van der Waals surface area (Å²) in [5.74, 6) is 0.0751. The second kappa shape index (κ2) is 7.23. The summed E-state index contributed by atoms with van der Waals surface area (Å²) in [6, 6.07) is 12.5. The summed E-state index contributed by atoms with van der Waals surface area (Å²) in [5.41, 5.74) is 0.504. The first-order valence-electron chi connectivity index (χ1n) is 5.69. The highest BCUT2D eigenvalue weighted by atomic mass is 35.5. The minimum atomic E-state index is -0.168. The summed E-state index contributed by atoms with van der Waals surface area (Å²) in [7, 11) is 0. The largest absolute Gasteiger partial charge is 0.324 e. The zero-order chi connectivity index (χ0) is 14.5. The number of nitrogens with one attached hydrogen (secondary N) is 1. The highest BCUT2D eigenvalue weighted by molar-refractivity contribution is 8.00. The van der Waals surface area contributed by atoms with Crippen molar-refractivity contribution in [2.24, 2.45) is 0 Å². The van der Waals surface area contributed by atoms with Gasteiger partial charge in [-0.15, -0.1) is 11.8 Å². The molecule has 2 rings (SSSR count). The van der Waals surface area contributed by atoms with Crippen LogP contribution in [0.4, 0.5) is 5.69 Å². The van der Waals surface area contributed by atoms with Crippen molar-refractivity contribution < 1.29 is 4.79 Å². The Bertz CT molecular complexity index is 634. The first-order chi connectivity index (χ1) is 9.58. The Morgan fingerprint density at radius 1 is 1.00 bits per heavy atom. The molecule has 104 valence electrons. The summed E-state index contributed by atoms with van der Waals surface area (Å²) in [6.07, 6.45) is 0. The quantitative estimate of drug-likeness (QED) is 0.753. The third-order valence-electron chi connectivity index (χ3n) is 2.42. The number of halogens is 3. The fourth-order valence-corrected chi connectivity index (χ4v) is 2.88. The van der Waals surface area contributed by atoms with Gasteiger partial charge in [-0.05, 0) is 24.3 Å². The maximum Gasteiger partial charge on any atom is 0.234 e. The zero-order valence-corrected chi connectivity index (χ0v) is 13.3. The summed E-state index contributed by atoms with van der Waals surface area (Å²) in [5, 5.41) is 4.10. The molecule has 0 aliphatic rings. The van der Waals surface area contributed by atoms with Crippen LogP contribution in [0.25, 0.3) is 0 Å². The summed E-state index contributed by atoms with van der Waals surface area (Å²) < 4.78 is 0. The monoisotopic (exact) mass is 345 g/mol. The van der Waals surface area contributed by atoms with Crippen LogP contribution < -0.4 is 5.32 Å². The molecule has 1 amide bonds. The van der Waals surface area contributed by atoms with Crippen LogP contribution in [0.3, 0.4) is 0 Å². The predicted molar refractivity (Wildman–Crippen MR) is 87.3 cm³/mol. The van der Waals surface area contributed by atoms with Crippen LogP contribution in [0.2, 0.25) is 15.1 Å². The first kappa shape index (κ1) is 15.5. The SMILES string of the molecule is O=C(CSc1ccccc1Cl)Nc1cccc(Cl)c1Cl. The van der Waals surface area contributed by atoms with Crippen LogP contribution >= 0.6 is 46.6 Å². The minimum absolute atomic E-state index is 0.168. The normalized spacial score (nSPS) is 10.3. The molecule has 0 spiro atoms. The maximum absolute atomic E-state index is 11.9. The van der Waals surface area contributed by atoms with Crippen molar-refractivity contribution in [3.8, 4) is 0 Å². The molecule has 0 heterocycles. The number of carbonyl (C=O) groups is 1. The van der Waals surface area contributed by atoms with E-state index in [1.807, 2.05) is 18.2 Å². The molecule has 0 bridgehead atoms. The molecule has 0 unspecified atom stereocenters. The van der Waals surface area contributed by atoms with Gasteiger partial charge in [-0.3, -0.25) is 4.79 Å². The van der Waals surface area contributed by atoms with E-state index < -0.39 is 0 Å². The lowest BCUT2D eigenvalue weighted by molar-refractivity contribution is -0.113. The van der Waals surface area contributed by atoms with Crippen LogP contribution in [0.1, 0.15) is 0 Å². The number of benzene rings is 2. The molecule has 0 radical (unpaired) electrons. The Labute approximate surface area is 136 Å². The molecule has 0 aromatic heterocycles. The van der Waals surface area contributed by atoms with Gasteiger partial charge in [0.1, 0.15) is 0 Å². The van der Waals surface area contributed by atoms with E-state index in [1.165, 1.54) is 11.8 Å². The van der Waals surface area contributed by atoms with Gasteiger partial charge in [-0.1, -0.05) is 53.0 Å². The fourth-order valence-electron chi connectivity index (χ4n) is 1.49. The molecule has 0 aliphatic carbocycles. The Morgan fingerprint density at radius 2 is 1.70 bits per heavy atom. The lowest BCUT2D eigenvalue weighted by atomic mass is 10.3. The lowest BCUT2D eigenvalue weighted by Crippen LogP contribution is -2.14. The number of carbonyl (C=O) groups excluding carboxylic acids is 1. The molecule has 20 heavy (non-hydrogen) atoms. The van der Waals surface area contributed by atoms with Crippen molar-refractivity contribution in [1.82, 2.24) is 0 Å². The molecule has 2 aromatic carbocycles. The third kappa shape index (κ3) is 4.06. The average Bonchev–Trinajstić information content (AvgIpc) is 2.43. The molecule has 0 fully saturated rings. The Balaban J connectivity index is 1.96. The van der Waals surface area contributed by atoms with Crippen molar-refractivity contribution in [2.45, 2.75) is 4.90 Å². The van der Waals surface area contributed by atoms with Gasteiger partial charge < -0.3 is 5.32 Å². The van der Waals surface area contributed by atoms with Crippen molar-refractivity contribution in [1.29, 1.82) is 0 Å². The topological polar surface area (TPSA) is 29.1 Å². The van der Waals surface area contributed by atoms with Gasteiger partial charge in [0.2, 0.25) is 5.91 Å². The minimum Gasteiger partial charge on any atom is -0.324 e. The van der Waals surface area contributed by atoms with E-state index in [0.29, 0.717) is 20.8 Å². The molecule has 0 atom stereocenters. The van der Waals surface area contributed by atoms with Gasteiger partial charge in [0.25, 0.3) is 0 Å². The Hall–Kier alpha value is -0.870. The van der Waals surface area contributed by atoms with Crippen LogP contribution in [0, 0.1) is 0 Å². The van der Waals surface area contributed by atoms with E-state index >= 15 is 0 Å². The number of hydrogen-bond acceptors (Lipinski definition) is 2. The second-order valence-corrected chi connectivity index (χ2v) is 6.08. The van der Waals surface area contributed by atoms with Gasteiger partial charge in [0.15, 0.2) is 0 Å². The molecule has 2 aromatic rings. The number of thioether (sulfide) groups is 1. The first-order valence-corrected chi connectivity index (χ1v) is 7.81. The van der Waals surface area contributed by atoms with E-state index in [9.17, 15) is 4.79 Å². The maximum atomic E-state index is 11.9. The average molecular weight is 347 g/mol. The number of amides is 1. The van der Waals surface area contributed by atoms with Gasteiger partial charge in [-0.2, -0.15) is 0 Å². The van der Waals surface area contributed by atoms with Crippen LogP contribution in [-0.2, 0) is 4.79 Å². The molecular formula is C14H10Cl3NOS. The van der Waals surface area contributed by atoms with E-state index in [1.54, 1.807) is 24.3 Å². The molecule has 6 heteroatoms. The van der Waals surface area contributed by atoms with Crippen molar-refractivity contribution in [3.63, 3.8) is 0 Å². The van der Waals surface area contributed by atoms with Crippen LogP contribution in [0.5, 0.6) is 0 Å². The highest BCUT2D eigenvalue weighted by Crippen LogP contribution is 2.30. The van der Waals surface area contributed by atoms with E-state index in [4.69, 9.17) is 34.8 Å². The third-order valence-corrected chi connectivity index (χ3v) is 4.76. The van der Waals surface area contributed by atoms with E-state index in [2.05, 4.69) is 5.32 Å². The lowest BCUT2D eigenvalue weighted by Gasteiger charge is -2.08. The zero-order valence-electron chi connectivity index (χ0n) is 10.2. The van der Waals surface area contributed by atoms with Gasteiger partial charge in [-0.25, -0.2) is 0 Å². The van der Waals surface area contributed by atoms with Gasteiger partial charge >= 0.3 is 0 Å². The summed E-state index contributed by atoms with van der Waals surface area (Å²) in [4.78, 5) is 12.7. The standard InChI is InChI=1S/C14H10Cl3NOS/c15-9-4-1-2-7-12(9)20-8-13(19)18-11-6-3-5-10(16)14(11)17/h1-7H,8H2,(H,18,19).